The summed E-state index contributed by atoms with van der Waals surface area (Å²) in [6.45, 7) is 9.33. The second kappa shape index (κ2) is 13.8. The SMILES string of the molecule is CCCCOC(=O)C1=C(C)Nc2nc(SCc3ccccc3Cl)nn2C1c1ccc(OCCC)c(OCC)c1. The first kappa shape index (κ1) is 28.8. The normalized spacial score (nSPS) is 14.5. The lowest BCUT2D eigenvalue weighted by molar-refractivity contribution is -0.139. The second-order valence-corrected chi connectivity index (χ2v) is 10.4. The van der Waals surface area contributed by atoms with Gasteiger partial charge < -0.3 is 19.5 Å². The third-order valence-corrected chi connectivity index (χ3v) is 7.40. The molecule has 3 aromatic rings. The molecule has 4 rings (SSSR count). The number of benzene rings is 2. The number of rotatable bonds is 13. The van der Waals surface area contributed by atoms with E-state index in [1.165, 1.54) is 11.8 Å². The van der Waals surface area contributed by atoms with Crippen LogP contribution in [0.3, 0.4) is 0 Å². The van der Waals surface area contributed by atoms with E-state index in [1.54, 1.807) is 4.68 Å². The Morgan fingerprint density at radius 1 is 1.08 bits per heavy atom. The van der Waals surface area contributed by atoms with Crippen LogP contribution in [-0.4, -0.2) is 40.6 Å². The summed E-state index contributed by atoms with van der Waals surface area (Å²) in [6, 6.07) is 12.9. The van der Waals surface area contributed by atoms with Gasteiger partial charge >= 0.3 is 5.97 Å². The molecule has 8 nitrogen and oxygen atoms in total. The highest BCUT2D eigenvalue weighted by atomic mass is 35.5. The van der Waals surface area contributed by atoms with E-state index in [1.807, 2.05) is 56.3 Å². The highest BCUT2D eigenvalue weighted by Crippen LogP contribution is 2.40. The third kappa shape index (κ3) is 6.89. The molecule has 0 radical (unpaired) electrons. The topological polar surface area (TPSA) is 87.5 Å². The molecule has 39 heavy (non-hydrogen) atoms. The van der Waals surface area contributed by atoms with E-state index in [4.69, 9.17) is 35.9 Å². The number of unbranched alkanes of at least 4 members (excludes halogenated alkanes) is 1. The quantitative estimate of drug-likeness (QED) is 0.133. The van der Waals surface area contributed by atoms with Crippen molar-refractivity contribution in [1.82, 2.24) is 14.8 Å². The Kier molecular flexibility index (Phi) is 10.2. The van der Waals surface area contributed by atoms with E-state index < -0.39 is 6.04 Å². The van der Waals surface area contributed by atoms with Crippen LogP contribution in [0.5, 0.6) is 11.5 Å². The Balaban J connectivity index is 1.72. The molecule has 0 fully saturated rings. The van der Waals surface area contributed by atoms with Crippen LogP contribution in [0.4, 0.5) is 5.95 Å². The maximum Gasteiger partial charge on any atom is 0.338 e. The Morgan fingerprint density at radius 2 is 1.90 bits per heavy atom. The van der Waals surface area contributed by atoms with Crippen LogP contribution in [0, 0.1) is 0 Å². The highest BCUT2D eigenvalue weighted by Gasteiger charge is 2.36. The van der Waals surface area contributed by atoms with Crippen molar-refractivity contribution in [3.63, 3.8) is 0 Å². The molecule has 0 saturated heterocycles. The summed E-state index contributed by atoms with van der Waals surface area (Å²) in [5, 5.41) is 9.35. The van der Waals surface area contributed by atoms with Gasteiger partial charge in [-0.15, -0.1) is 5.10 Å². The summed E-state index contributed by atoms with van der Waals surface area (Å²) < 4.78 is 19.2. The maximum absolute atomic E-state index is 13.4. The summed E-state index contributed by atoms with van der Waals surface area (Å²) in [6.07, 6.45) is 2.61. The van der Waals surface area contributed by atoms with E-state index in [-0.39, 0.29) is 5.97 Å². The van der Waals surface area contributed by atoms with Crippen LogP contribution in [0.25, 0.3) is 0 Å². The molecular formula is C29H35ClN4O4S. The number of esters is 1. The lowest BCUT2D eigenvalue weighted by atomic mass is 9.95. The monoisotopic (exact) mass is 570 g/mol. The van der Waals surface area contributed by atoms with Crippen LogP contribution in [0.15, 0.2) is 58.9 Å². The molecule has 0 saturated carbocycles. The predicted molar refractivity (Wildman–Crippen MR) is 155 cm³/mol. The number of halogens is 1. The minimum Gasteiger partial charge on any atom is -0.490 e. The molecule has 1 aliphatic rings. The van der Waals surface area contributed by atoms with Crippen molar-refractivity contribution in [3.05, 3.63) is 69.9 Å². The zero-order chi connectivity index (χ0) is 27.8. The summed E-state index contributed by atoms with van der Waals surface area (Å²) in [5.74, 6) is 2.07. The van der Waals surface area contributed by atoms with E-state index in [0.717, 1.165) is 30.4 Å². The number of fused-ring (bicyclic) bond motifs is 1. The molecule has 1 N–H and O–H groups in total. The average molecular weight is 571 g/mol. The molecule has 0 amide bonds. The number of allylic oxidation sites excluding steroid dienone is 1. The van der Waals surface area contributed by atoms with Crippen LogP contribution in [0.2, 0.25) is 5.02 Å². The summed E-state index contributed by atoms with van der Waals surface area (Å²) >= 11 is 7.84. The third-order valence-electron chi connectivity index (χ3n) is 6.14. The van der Waals surface area contributed by atoms with Crippen molar-refractivity contribution in [1.29, 1.82) is 0 Å². The van der Waals surface area contributed by atoms with Gasteiger partial charge in [-0.05, 0) is 56.0 Å². The second-order valence-electron chi connectivity index (χ2n) is 9.09. The smallest absolute Gasteiger partial charge is 0.338 e. The zero-order valence-electron chi connectivity index (χ0n) is 22.8. The maximum atomic E-state index is 13.4. The number of thioether (sulfide) groups is 1. The lowest BCUT2D eigenvalue weighted by Crippen LogP contribution is -2.30. The lowest BCUT2D eigenvalue weighted by Gasteiger charge is -2.28. The van der Waals surface area contributed by atoms with Gasteiger partial charge in [0.2, 0.25) is 11.1 Å². The number of carbonyl (C=O) groups is 1. The summed E-state index contributed by atoms with van der Waals surface area (Å²) in [4.78, 5) is 18.1. The van der Waals surface area contributed by atoms with Crippen LogP contribution < -0.4 is 14.8 Å². The predicted octanol–water partition coefficient (Wildman–Crippen LogP) is 7.04. The van der Waals surface area contributed by atoms with Crippen molar-refractivity contribution in [3.8, 4) is 11.5 Å². The Morgan fingerprint density at radius 3 is 2.64 bits per heavy atom. The van der Waals surface area contributed by atoms with Crippen molar-refractivity contribution in [2.24, 2.45) is 0 Å². The van der Waals surface area contributed by atoms with E-state index in [9.17, 15) is 4.79 Å². The molecule has 0 spiro atoms. The number of anilines is 1. The largest absolute Gasteiger partial charge is 0.490 e. The van der Waals surface area contributed by atoms with E-state index in [0.29, 0.717) is 64.5 Å². The molecule has 1 aromatic heterocycles. The van der Waals surface area contributed by atoms with Crippen molar-refractivity contribution in [2.75, 3.05) is 25.1 Å². The molecule has 0 bridgehead atoms. The van der Waals surface area contributed by atoms with E-state index in [2.05, 4.69) is 19.2 Å². The average Bonchev–Trinajstić information content (AvgIpc) is 3.33. The van der Waals surface area contributed by atoms with Gasteiger partial charge in [0.05, 0.1) is 25.4 Å². The number of aromatic nitrogens is 3. The van der Waals surface area contributed by atoms with Gasteiger partial charge in [0.25, 0.3) is 0 Å². The molecule has 0 aliphatic carbocycles. The molecule has 208 valence electrons. The number of ether oxygens (including phenoxy) is 3. The fourth-order valence-electron chi connectivity index (χ4n) is 4.20. The molecule has 1 unspecified atom stereocenters. The van der Waals surface area contributed by atoms with Crippen LogP contribution in [0.1, 0.15) is 64.1 Å². The van der Waals surface area contributed by atoms with Crippen molar-refractivity contribution < 1.29 is 19.0 Å². The Bertz CT molecular complexity index is 1330. The highest BCUT2D eigenvalue weighted by molar-refractivity contribution is 7.98. The van der Waals surface area contributed by atoms with Gasteiger partial charge in [-0.3, -0.25) is 0 Å². The number of carbonyl (C=O) groups excluding carboxylic acids is 1. The van der Waals surface area contributed by atoms with E-state index >= 15 is 0 Å². The molecule has 10 heteroatoms. The zero-order valence-corrected chi connectivity index (χ0v) is 24.4. The van der Waals surface area contributed by atoms with Gasteiger partial charge in [-0.25, -0.2) is 9.48 Å². The number of nitrogens with zero attached hydrogens (tertiary/aromatic N) is 3. The molecular weight excluding hydrogens is 536 g/mol. The Hall–Kier alpha value is -3.17. The number of nitrogens with one attached hydrogen (secondary N) is 1. The first-order valence-corrected chi connectivity index (χ1v) is 14.7. The molecule has 1 aliphatic heterocycles. The fourth-order valence-corrected chi connectivity index (χ4v) is 5.32. The van der Waals surface area contributed by atoms with Gasteiger partial charge in [0.1, 0.15) is 6.04 Å². The molecule has 1 atom stereocenters. The van der Waals surface area contributed by atoms with Crippen LogP contribution in [-0.2, 0) is 15.3 Å². The molecule has 2 heterocycles. The fraction of sp³-hybridized carbons (Fsp3) is 0.414. The van der Waals surface area contributed by atoms with Crippen molar-refractivity contribution in [2.45, 2.75) is 63.9 Å². The summed E-state index contributed by atoms with van der Waals surface area (Å²) in [7, 11) is 0. The van der Waals surface area contributed by atoms with Gasteiger partial charge in [-0.2, -0.15) is 4.98 Å². The Labute approximate surface area is 239 Å². The minimum absolute atomic E-state index is 0.357. The van der Waals surface area contributed by atoms with Gasteiger partial charge in [0.15, 0.2) is 11.5 Å². The van der Waals surface area contributed by atoms with Crippen molar-refractivity contribution >= 4 is 35.3 Å². The first-order valence-electron chi connectivity index (χ1n) is 13.3. The van der Waals surface area contributed by atoms with Gasteiger partial charge in [0, 0.05) is 16.5 Å². The molecule has 2 aromatic carbocycles. The minimum atomic E-state index is -0.558. The first-order chi connectivity index (χ1) is 19.0. The summed E-state index contributed by atoms with van der Waals surface area (Å²) in [5.41, 5.74) is 2.98. The number of hydrogen-bond acceptors (Lipinski definition) is 8. The standard InChI is InChI=1S/C29H35ClN4O4S/c1-5-8-16-38-27(35)25-19(4)31-28-32-29(39-18-21-11-9-10-12-22(21)30)33-34(28)26(25)20-13-14-23(37-15-6-2)24(17-20)36-7-3/h9-14,17,26H,5-8,15-16,18H2,1-4H3,(H,31,32,33). The van der Waals surface area contributed by atoms with Gasteiger partial charge in [-0.1, -0.05) is 67.9 Å². The van der Waals surface area contributed by atoms with Crippen LogP contribution >= 0.6 is 23.4 Å². The number of hydrogen-bond donors (Lipinski definition) is 1.